The van der Waals surface area contributed by atoms with Gasteiger partial charge in [-0.05, 0) is 38.0 Å². The molecular weight excluding hydrogens is 456 g/mol. The first-order valence-electron chi connectivity index (χ1n) is 11.1. The van der Waals surface area contributed by atoms with Crippen molar-refractivity contribution in [3.63, 3.8) is 0 Å². The topological polar surface area (TPSA) is 66.6 Å². The van der Waals surface area contributed by atoms with Crippen molar-refractivity contribution in [2.75, 3.05) is 13.1 Å². The van der Waals surface area contributed by atoms with Gasteiger partial charge >= 0.3 is 0 Å². The first-order chi connectivity index (χ1) is 16.1. The van der Waals surface area contributed by atoms with Gasteiger partial charge in [-0.3, -0.25) is 14.1 Å². The zero-order valence-corrected chi connectivity index (χ0v) is 19.8. The molecule has 168 valence electrons. The summed E-state index contributed by atoms with van der Waals surface area (Å²) in [6.07, 6.45) is 5.86. The molecule has 0 N–H and O–H groups in total. The molecule has 3 aromatic heterocycles. The molecule has 4 aromatic rings. The van der Waals surface area contributed by atoms with E-state index in [0.29, 0.717) is 16.5 Å². The smallest absolute Gasteiger partial charge is 0.273 e. The Morgan fingerprint density at radius 2 is 1.91 bits per heavy atom. The Morgan fingerprint density at radius 1 is 1.15 bits per heavy atom. The molecular formula is C24H23ClN6OS. The number of nitrogens with zero attached hydrogens (tertiary/aromatic N) is 6. The van der Waals surface area contributed by atoms with E-state index in [1.807, 2.05) is 48.8 Å². The minimum Gasteiger partial charge on any atom is -0.329 e. The highest BCUT2D eigenvalue weighted by Crippen LogP contribution is 2.34. The largest absolute Gasteiger partial charge is 0.329 e. The third kappa shape index (κ3) is 3.72. The predicted molar refractivity (Wildman–Crippen MR) is 129 cm³/mol. The SMILES string of the molecule is Cc1nc(C(=O)N2C3CCC2CN(Cc2c(-c4ccc(Cl)cc4)nc4ncccn24)C3)cs1. The second kappa shape index (κ2) is 8.20. The van der Waals surface area contributed by atoms with Gasteiger partial charge in [-0.2, -0.15) is 0 Å². The van der Waals surface area contributed by atoms with Crippen LogP contribution in [-0.4, -0.2) is 60.2 Å². The van der Waals surface area contributed by atoms with E-state index >= 15 is 0 Å². The van der Waals surface area contributed by atoms with E-state index in [0.717, 1.165) is 54.4 Å². The number of amides is 1. The maximum Gasteiger partial charge on any atom is 0.273 e. The maximum absolute atomic E-state index is 13.2. The zero-order chi connectivity index (χ0) is 22.5. The average molecular weight is 479 g/mol. The van der Waals surface area contributed by atoms with Gasteiger partial charge < -0.3 is 4.90 Å². The van der Waals surface area contributed by atoms with Crippen LogP contribution >= 0.6 is 22.9 Å². The van der Waals surface area contributed by atoms with Crippen LogP contribution < -0.4 is 0 Å². The monoisotopic (exact) mass is 478 g/mol. The Kier molecular flexibility index (Phi) is 5.16. The summed E-state index contributed by atoms with van der Waals surface area (Å²) in [5.74, 6) is 0.764. The first kappa shape index (κ1) is 20.8. The molecule has 9 heteroatoms. The molecule has 2 saturated heterocycles. The van der Waals surface area contributed by atoms with Crippen molar-refractivity contribution in [3.05, 3.63) is 69.5 Å². The molecule has 7 nitrogen and oxygen atoms in total. The van der Waals surface area contributed by atoms with Gasteiger partial charge in [0, 0.05) is 60.1 Å². The number of hydrogen-bond donors (Lipinski definition) is 0. The number of thiazole rings is 1. The summed E-state index contributed by atoms with van der Waals surface area (Å²) in [4.78, 5) is 31.4. The first-order valence-corrected chi connectivity index (χ1v) is 12.4. The fourth-order valence-corrected chi connectivity index (χ4v) is 5.89. The third-order valence-electron chi connectivity index (χ3n) is 6.62. The van der Waals surface area contributed by atoms with Crippen molar-refractivity contribution in [2.24, 2.45) is 0 Å². The lowest BCUT2D eigenvalue weighted by Gasteiger charge is -2.40. The van der Waals surface area contributed by atoms with E-state index in [4.69, 9.17) is 16.6 Å². The van der Waals surface area contributed by atoms with Crippen LogP contribution in [0.15, 0.2) is 48.1 Å². The third-order valence-corrected chi connectivity index (χ3v) is 7.65. The van der Waals surface area contributed by atoms with Crippen LogP contribution in [0, 0.1) is 6.92 Å². The molecule has 1 amide bonds. The number of fused-ring (bicyclic) bond motifs is 3. The second-order valence-electron chi connectivity index (χ2n) is 8.75. The fraction of sp³-hybridized carbons (Fsp3) is 0.333. The molecule has 0 aliphatic carbocycles. The summed E-state index contributed by atoms with van der Waals surface area (Å²) in [5.41, 5.74) is 3.64. The zero-order valence-electron chi connectivity index (χ0n) is 18.2. The molecule has 1 aromatic carbocycles. The Balaban J connectivity index is 1.28. The summed E-state index contributed by atoms with van der Waals surface area (Å²) >= 11 is 7.65. The van der Waals surface area contributed by atoms with Gasteiger partial charge in [0.15, 0.2) is 0 Å². The van der Waals surface area contributed by atoms with E-state index in [2.05, 4.69) is 24.2 Å². The minimum atomic E-state index is 0.0763. The highest BCUT2D eigenvalue weighted by Gasteiger charge is 2.43. The number of rotatable bonds is 4. The van der Waals surface area contributed by atoms with Gasteiger partial charge in [-0.25, -0.2) is 15.0 Å². The molecule has 2 aliphatic heterocycles. The Labute approximate surface area is 200 Å². The van der Waals surface area contributed by atoms with Gasteiger partial charge in [0.2, 0.25) is 5.78 Å². The van der Waals surface area contributed by atoms with Crippen molar-refractivity contribution in [3.8, 4) is 11.3 Å². The number of carbonyl (C=O) groups is 1. The number of carbonyl (C=O) groups excluding carboxylic acids is 1. The number of aryl methyl sites for hydroxylation is 1. The summed E-state index contributed by atoms with van der Waals surface area (Å²) in [6.45, 7) is 4.38. The van der Waals surface area contributed by atoms with Crippen molar-refractivity contribution < 1.29 is 4.79 Å². The highest BCUT2D eigenvalue weighted by atomic mass is 35.5. The maximum atomic E-state index is 13.2. The second-order valence-corrected chi connectivity index (χ2v) is 10.2. The number of benzene rings is 1. The van der Waals surface area contributed by atoms with Crippen molar-refractivity contribution in [1.82, 2.24) is 29.2 Å². The molecule has 6 rings (SSSR count). The number of hydrogen-bond acceptors (Lipinski definition) is 6. The quantitative estimate of drug-likeness (QED) is 0.437. The van der Waals surface area contributed by atoms with Gasteiger partial charge in [0.05, 0.1) is 16.4 Å². The Morgan fingerprint density at radius 3 is 2.61 bits per heavy atom. The average Bonchev–Trinajstić information content (AvgIpc) is 3.48. The van der Waals surface area contributed by atoms with Crippen LogP contribution in [0.3, 0.4) is 0 Å². The standard InChI is InChI=1S/C24H23ClN6OS/c1-15-27-20(14-33-15)23(32)31-18-7-8-19(31)12-29(11-18)13-21-22(16-3-5-17(25)6-4-16)28-24-26-9-2-10-30(21)24/h2-6,9-10,14,18-19H,7-8,11-13H2,1H3. The van der Waals surface area contributed by atoms with Gasteiger partial charge in [0.25, 0.3) is 5.91 Å². The lowest BCUT2D eigenvalue weighted by molar-refractivity contribution is 0.0398. The molecule has 33 heavy (non-hydrogen) atoms. The molecule has 5 heterocycles. The number of aromatic nitrogens is 4. The van der Waals surface area contributed by atoms with E-state index in [1.165, 1.54) is 11.3 Å². The summed E-state index contributed by atoms with van der Waals surface area (Å²) in [5, 5.41) is 3.52. The molecule has 2 unspecified atom stereocenters. The molecule has 2 aliphatic rings. The molecule has 2 atom stereocenters. The molecule has 0 radical (unpaired) electrons. The van der Waals surface area contributed by atoms with E-state index in [9.17, 15) is 4.79 Å². The highest BCUT2D eigenvalue weighted by molar-refractivity contribution is 7.09. The number of imidazole rings is 1. The van der Waals surface area contributed by atoms with Crippen molar-refractivity contribution in [2.45, 2.75) is 38.4 Å². The molecule has 2 bridgehead atoms. The van der Waals surface area contributed by atoms with Crippen LogP contribution in [0.2, 0.25) is 5.02 Å². The number of piperazine rings is 1. The summed E-state index contributed by atoms with van der Waals surface area (Å²) in [7, 11) is 0. The normalized spacial score (nSPS) is 20.6. The Bertz CT molecular complexity index is 1320. The lowest BCUT2D eigenvalue weighted by Crippen LogP contribution is -2.55. The summed E-state index contributed by atoms with van der Waals surface area (Å²) in [6, 6.07) is 10.2. The van der Waals surface area contributed by atoms with E-state index < -0.39 is 0 Å². The Hall–Kier alpha value is -2.81. The molecule has 0 saturated carbocycles. The molecule has 2 fully saturated rings. The van der Waals surface area contributed by atoms with Crippen molar-refractivity contribution >= 4 is 34.6 Å². The molecule has 0 spiro atoms. The number of halogens is 1. The van der Waals surface area contributed by atoms with Crippen molar-refractivity contribution in [1.29, 1.82) is 0 Å². The van der Waals surface area contributed by atoms with Crippen LogP contribution in [0.5, 0.6) is 0 Å². The summed E-state index contributed by atoms with van der Waals surface area (Å²) < 4.78 is 2.07. The number of likely N-dealkylation sites (tertiary alicyclic amines) is 1. The van der Waals surface area contributed by atoms with Gasteiger partial charge in [0.1, 0.15) is 5.69 Å². The predicted octanol–water partition coefficient (Wildman–Crippen LogP) is 4.30. The van der Waals surface area contributed by atoms with E-state index in [1.54, 1.807) is 6.20 Å². The van der Waals surface area contributed by atoms with E-state index in [-0.39, 0.29) is 18.0 Å². The van der Waals surface area contributed by atoms with Crippen LogP contribution in [0.4, 0.5) is 0 Å². The van der Waals surface area contributed by atoms with Gasteiger partial charge in [-0.1, -0.05) is 23.7 Å². The lowest BCUT2D eigenvalue weighted by atomic mass is 10.1. The van der Waals surface area contributed by atoms with Gasteiger partial charge in [-0.15, -0.1) is 11.3 Å². The van der Waals surface area contributed by atoms with Crippen LogP contribution in [0.1, 0.15) is 34.0 Å². The van der Waals surface area contributed by atoms with Crippen LogP contribution in [0.25, 0.3) is 17.0 Å². The van der Waals surface area contributed by atoms with Crippen LogP contribution in [-0.2, 0) is 6.54 Å². The fourth-order valence-electron chi connectivity index (χ4n) is 5.18. The minimum absolute atomic E-state index is 0.0763.